The summed E-state index contributed by atoms with van der Waals surface area (Å²) in [5.74, 6) is 0. The second-order valence-corrected chi connectivity index (χ2v) is 27.8. The van der Waals surface area contributed by atoms with Crippen LogP contribution in [-0.4, -0.2) is 22.4 Å². The Morgan fingerprint density at radius 1 is 0.338 bits per heavy atom. The van der Waals surface area contributed by atoms with E-state index in [2.05, 4.69) is 264 Å². The molecule has 0 saturated heterocycles. The zero-order chi connectivity index (χ0) is 46.6. The van der Waals surface area contributed by atoms with Crippen LogP contribution in [-0.2, 0) is 0 Å². The van der Waals surface area contributed by atoms with Crippen molar-refractivity contribution in [3.05, 3.63) is 255 Å². The van der Waals surface area contributed by atoms with Crippen molar-refractivity contribution in [2.24, 2.45) is 0 Å². The Bertz CT molecular complexity index is 4430. The fourth-order valence-corrected chi connectivity index (χ4v) is 23.3. The average molecular weight is 984 g/mol. The molecule has 0 aliphatic heterocycles. The van der Waals surface area contributed by atoms with Gasteiger partial charge in [-0.05, 0) is 18.2 Å². The van der Waals surface area contributed by atoms with Gasteiger partial charge in [0.05, 0.1) is 0 Å². The minimum absolute atomic E-state index is 0.892. The molecule has 0 bridgehead atoms. The van der Waals surface area contributed by atoms with E-state index in [0.717, 1.165) is 55.1 Å². The summed E-state index contributed by atoms with van der Waals surface area (Å²) in [5.41, 5.74) is 11.0. The van der Waals surface area contributed by atoms with E-state index in [0.29, 0.717) is 0 Å². The third kappa shape index (κ3) is 5.96. The zero-order valence-electron chi connectivity index (χ0n) is 38.5. The standard InChI is InChI=1S/C66H42GeN2OS/c1-4-19-44(20-5-1)67(45-21-6-2-7-22-45,46-23-8-3-9-24-46)47-34-39-62-57(41-47)54-37-38-60-64(65(54)70-62)56-36-35-49(68-58-31-13-10-26-51(58)52-27-11-14-32-59(52)68)42-61(56)69(60)48-25-16-18-43(40-48)50-29-17-30-55-53-28-12-15-33-63(53)71-66(50)55/h1-42H. The summed E-state index contributed by atoms with van der Waals surface area (Å²) >= 11 is -1.69. The van der Waals surface area contributed by atoms with E-state index in [4.69, 9.17) is 4.42 Å². The predicted molar refractivity (Wildman–Crippen MR) is 304 cm³/mol. The van der Waals surface area contributed by atoms with Crippen molar-refractivity contribution in [1.29, 1.82) is 0 Å². The summed E-state index contributed by atoms with van der Waals surface area (Å²) in [6.07, 6.45) is 0. The molecular formula is C66H42GeN2OS. The first-order valence-electron chi connectivity index (χ1n) is 24.3. The quantitative estimate of drug-likeness (QED) is 0.146. The van der Waals surface area contributed by atoms with Crippen molar-refractivity contribution in [1.82, 2.24) is 9.13 Å². The number of aromatic nitrogens is 2. The molecule has 332 valence electrons. The fourth-order valence-electron chi connectivity index (χ4n) is 12.0. The molecule has 0 fully saturated rings. The van der Waals surface area contributed by atoms with Gasteiger partial charge in [-0.1, -0.05) is 72.8 Å². The van der Waals surface area contributed by atoms with Crippen LogP contribution in [0.15, 0.2) is 259 Å². The first kappa shape index (κ1) is 40.5. The molecule has 71 heavy (non-hydrogen) atoms. The molecule has 15 rings (SSSR count). The summed E-state index contributed by atoms with van der Waals surface area (Å²) in [5, 5.41) is 9.62. The van der Waals surface area contributed by atoms with Crippen molar-refractivity contribution in [3.63, 3.8) is 0 Å². The second kappa shape index (κ2) is 15.8. The SMILES string of the molecule is c1cc[c]([Ge]([c]2ccccc2)([c]2ccccc2)[c]2ccc3oc4c(ccc5c4c4ccc(-n6c7ccccc7c7ccccc76)cc4n5-c4cccc(-c5cccc6c5sc5ccccc56)c4)c3c2)cc1. The van der Waals surface area contributed by atoms with E-state index in [1.165, 1.54) is 70.7 Å². The molecule has 4 aromatic heterocycles. The number of para-hydroxylation sites is 2. The van der Waals surface area contributed by atoms with Crippen LogP contribution in [0.4, 0.5) is 0 Å². The van der Waals surface area contributed by atoms with Crippen molar-refractivity contribution < 1.29 is 4.42 Å². The number of hydrogen-bond donors (Lipinski definition) is 0. The number of nitrogens with zero attached hydrogens (tertiary/aromatic N) is 2. The van der Waals surface area contributed by atoms with E-state index in [9.17, 15) is 0 Å². The number of benzene rings is 11. The maximum absolute atomic E-state index is 7.20. The van der Waals surface area contributed by atoms with Crippen LogP contribution in [0.5, 0.6) is 0 Å². The molecule has 0 N–H and O–H groups in total. The average Bonchev–Trinajstić information content (AvgIpc) is 4.20. The van der Waals surface area contributed by atoms with Gasteiger partial charge < -0.3 is 0 Å². The van der Waals surface area contributed by atoms with Gasteiger partial charge in [-0.25, -0.2) is 0 Å². The molecule has 4 heterocycles. The minimum atomic E-state index is -3.57. The summed E-state index contributed by atoms with van der Waals surface area (Å²) in [7, 11) is 0. The molecule has 0 unspecified atom stereocenters. The molecule has 0 aliphatic carbocycles. The van der Waals surface area contributed by atoms with Crippen molar-refractivity contribution in [3.8, 4) is 22.5 Å². The number of hydrogen-bond acceptors (Lipinski definition) is 2. The summed E-state index contributed by atoms with van der Waals surface area (Å²) in [4.78, 5) is 0. The van der Waals surface area contributed by atoms with Crippen molar-refractivity contribution >= 4 is 128 Å². The van der Waals surface area contributed by atoms with Crippen molar-refractivity contribution in [2.75, 3.05) is 0 Å². The molecule has 0 spiro atoms. The summed E-state index contributed by atoms with van der Waals surface area (Å²) in [6, 6.07) is 94.6. The van der Waals surface area contributed by atoms with Gasteiger partial charge in [0.25, 0.3) is 0 Å². The topological polar surface area (TPSA) is 23.0 Å². The summed E-state index contributed by atoms with van der Waals surface area (Å²) in [6.45, 7) is 0. The molecule has 0 amide bonds. The fraction of sp³-hybridized carbons (Fsp3) is 0. The molecule has 5 heteroatoms. The predicted octanol–water partition coefficient (Wildman–Crippen LogP) is 15.2. The molecule has 0 aliphatic rings. The Hall–Kier alpha value is -8.42. The monoisotopic (exact) mass is 984 g/mol. The molecule has 0 radical (unpaired) electrons. The van der Waals surface area contributed by atoms with E-state index in [1.54, 1.807) is 0 Å². The van der Waals surface area contributed by atoms with Crippen LogP contribution in [0, 0.1) is 0 Å². The second-order valence-electron chi connectivity index (χ2n) is 18.7. The molecule has 15 aromatic rings. The van der Waals surface area contributed by atoms with Crippen LogP contribution in [0.2, 0.25) is 0 Å². The van der Waals surface area contributed by atoms with Gasteiger partial charge in [0.2, 0.25) is 0 Å². The van der Waals surface area contributed by atoms with Gasteiger partial charge in [0.15, 0.2) is 0 Å². The molecule has 11 aromatic carbocycles. The molecule has 3 nitrogen and oxygen atoms in total. The first-order valence-corrected chi connectivity index (χ1v) is 29.3. The number of fused-ring (bicyclic) bond motifs is 13. The van der Waals surface area contributed by atoms with Crippen molar-refractivity contribution in [2.45, 2.75) is 0 Å². The zero-order valence-corrected chi connectivity index (χ0v) is 41.4. The van der Waals surface area contributed by atoms with Crippen LogP contribution in [0.1, 0.15) is 0 Å². The van der Waals surface area contributed by atoms with Gasteiger partial charge in [-0.2, -0.15) is 0 Å². The maximum atomic E-state index is 7.20. The van der Waals surface area contributed by atoms with Gasteiger partial charge in [-0.3, -0.25) is 0 Å². The Labute approximate surface area is 416 Å². The Morgan fingerprint density at radius 2 is 0.915 bits per heavy atom. The van der Waals surface area contributed by atoms with E-state index in [-0.39, 0.29) is 0 Å². The molecule has 0 saturated carbocycles. The van der Waals surface area contributed by atoms with Crippen LogP contribution < -0.4 is 17.6 Å². The van der Waals surface area contributed by atoms with Gasteiger partial charge >= 0.3 is 285 Å². The molecular weight excluding hydrogens is 941 g/mol. The van der Waals surface area contributed by atoms with E-state index < -0.39 is 13.3 Å². The normalized spacial score (nSPS) is 12.2. The van der Waals surface area contributed by atoms with Crippen LogP contribution in [0.3, 0.4) is 0 Å². The van der Waals surface area contributed by atoms with E-state index >= 15 is 0 Å². The third-order valence-corrected chi connectivity index (χ3v) is 26.3. The summed E-state index contributed by atoms with van der Waals surface area (Å²) < 4.78 is 20.3. The van der Waals surface area contributed by atoms with Gasteiger partial charge in [0, 0.05) is 30.9 Å². The van der Waals surface area contributed by atoms with Crippen LogP contribution in [0.25, 0.3) is 108 Å². The number of rotatable bonds is 7. The first-order chi connectivity index (χ1) is 35.2. The van der Waals surface area contributed by atoms with Gasteiger partial charge in [0.1, 0.15) is 0 Å². The Balaban J connectivity index is 1.00. The van der Waals surface area contributed by atoms with E-state index in [1.807, 2.05) is 11.3 Å². The number of furan rings is 1. The third-order valence-electron chi connectivity index (χ3n) is 15.1. The van der Waals surface area contributed by atoms with Gasteiger partial charge in [-0.15, -0.1) is 11.3 Å². The number of thiophene rings is 1. The Kier molecular flexibility index (Phi) is 9.01. The van der Waals surface area contributed by atoms with Crippen LogP contribution >= 0.6 is 11.3 Å². The Morgan fingerprint density at radius 3 is 1.62 bits per heavy atom. The molecule has 0 atom stereocenters.